The van der Waals surface area contributed by atoms with Crippen molar-refractivity contribution in [2.45, 2.75) is 77.5 Å². The molecule has 0 aliphatic rings. The van der Waals surface area contributed by atoms with Crippen LogP contribution in [0.1, 0.15) is 67.2 Å². The van der Waals surface area contributed by atoms with Gasteiger partial charge in [-0.1, -0.05) is 26.7 Å². The molecule has 0 amide bonds. The van der Waals surface area contributed by atoms with E-state index in [1.54, 1.807) is 0 Å². The first-order valence-corrected chi connectivity index (χ1v) is 7.01. The van der Waals surface area contributed by atoms with Gasteiger partial charge in [0, 0.05) is 10.3 Å². The van der Waals surface area contributed by atoms with Gasteiger partial charge >= 0.3 is 0 Å². The maximum Gasteiger partial charge on any atom is 0.0833 e. The van der Waals surface area contributed by atoms with Crippen LogP contribution < -0.4 is 0 Å². The molecule has 0 aliphatic carbocycles. The Labute approximate surface area is 90.5 Å². The zero-order valence-electron chi connectivity index (χ0n) is 10.7. The largest absolute Gasteiger partial charge is 0.286 e. The molecule has 0 bridgehead atoms. The van der Waals surface area contributed by atoms with Crippen LogP contribution in [0.4, 0.5) is 0 Å². The van der Waals surface area contributed by atoms with Gasteiger partial charge in [-0.05, 0) is 40.5 Å². The molecule has 2 heteroatoms. The molecule has 1 radical (unpaired) electrons. The van der Waals surface area contributed by atoms with E-state index in [1.807, 2.05) is 0 Å². The van der Waals surface area contributed by atoms with Crippen LogP contribution in [0, 0.1) is 0 Å². The molecule has 0 spiro atoms. The minimum atomic E-state index is -1.13. The number of rotatable bonds is 6. The van der Waals surface area contributed by atoms with Crippen molar-refractivity contribution < 1.29 is 4.57 Å². The van der Waals surface area contributed by atoms with E-state index < -0.39 is 7.80 Å². The van der Waals surface area contributed by atoms with Crippen LogP contribution in [0.3, 0.4) is 0 Å². The molecule has 0 heterocycles. The second-order valence-corrected chi connectivity index (χ2v) is 8.43. The third-order valence-corrected chi connectivity index (χ3v) is 5.47. The van der Waals surface area contributed by atoms with Gasteiger partial charge in [-0.2, -0.15) is 0 Å². The smallest absolute Gasteiger partial charge is 0.0833 e. The molecule has 14 heavy (non-hydrogen) atoms. The SMILES string of the molecule is CCCC(C)(C)[P](=O)C(C)(C)CCC. The molecule has 0 aromatic heterocycles. The van der Waals surface area contributed by atoms with Gasteiger partial charge in [0.15, 0.2) is 0 Å². The van der Waals surface area contributed by atoms with Crippen LogP contribution in [0.2, 0.25) is 0 Å². The van der Waals surface area contributed by atoms with Gasteiger partial charge in [0.25, 0.3) is 0 Å². The molecule has 85 valence electrons. The minimum Gasteiger partial charge on any atom is -0.286 e. The molecule has 0 aromatic rings. The van der Waals surface area contributed by atoms with E-state index in [0.29, 0.717) is 0 Å². The fourth-order valence-corrected chi connectivity index (χ4v) is 4.74. The molecule has 0 aliphatic heterocycles. The van der Waals surface area contributed by atoms with Gasteiger partial charge in [-0.3, -0.25) is 4.57 Å². The Balaban J connectivity index is 4.58. The highest BCUT2D eigenvalue weighted by Gasteiger charge is 2.36. The average Bonchev–Trinajstić information content (AvgIpc) is 2.02. The third-order valence-electron chi connectivity index (χ3n) is 2.82. The lowest BCUT2D eigenvalue weighted by Crippen LogP contribution is -2.26. The Morgan fingerprint density at radius 1 is 0.857 bits per heavy atom. The highest BCUT2D eigenvalue weighted by Crippen LogP contribution is 2.53. The van der Waals surface area contributed by atoms with E-state index in [9.17, 15) is 4.57 Å². The summed E-state index contributed by atoms with van der Waals surface area (Å²) in [6, 6.07) is 0. The zero-order chi connectivity index (χ0) is 11.4. The summed E-state index contributed by atoms with van der Waals surface area (Å²) in [6.07, 6.45) is 4.37. The first-order chi connectivity index (χ1) is 6.28. The summed E-state index contributed by atoms with van der Waals surface area (Å²) < 4.78 is 12.4. The van der Waals surface area contributed by atoms with Gasteiger partial charge in [0.05, 0.1) is 7.80 Å². The Kier molecular flexibility index (Phi) is 5.30. The van der Waals surface area contributed by atoms with Crippen molar-refractivity contribution in [2.24, 2.45) is 0 Å². The highest BCUT2D eigenvalue weighted by molar-refractivity contribution is 7.48. The molecule has 0 aromatic carbocycles. The van der Waals surface area contributed by atoms with Crippen LogP contribution in [0.15, 0.2) is 0 Å². The molecule has 0 atom stereocenters. The van der Waals surface area contributed by atoms with Crippen LogP contribution >= 0.6 is 7.80 Å². The quantitative estimate of drug-likeness (QED) is 0.574. The summed E-state index contributed by atoms with van der Waals surface area (Å²) in [5.74, 6) is 0. The predicted molar refractivity (Wildman–Crippen MR) is 65.6 cm³/mol. The first kappa shape index (κ1) is 14.1. The molecule has 0 saturated carbocycles. The summed E-state index contributed by atoms with van der Waals surface area (Å²) in [5, 5.41) is 0.00546. The minimum absolute atomic E-state index is 0.00273. The molecular formula is C12H26OP. The standard InChI is InChI=1S/C12H26OP/c1-7-9-11(3,4)14(13)12(5,6)10-8-2/h7-10H2,1-6H3. The lowest BCUT2D eigenvalue weighted by atomic mass is 10.1. The Morgan fingerprint density at radius 2 is 1.14 bits per heavy atom. The third kappa shape index (κ3) is 3.69. The lowest BCUT2D eigenvalue weighted by Gasteiger charge is -2.33. The molecule has 0 fully saturated rings. The van der Waals surface area contributed by atoms with Crippen molar-refractivity contribution in [3.05, 3.63) is 0 Å². The summed E-state index contributed by atoms with van der Waals surface area (Å²) >= 11 is 0. The highest BCUT2D eigenvalue weighted by atomic mass is 31.1. The van der Waals surface area contributed by atoms with E-state index >= 15 is 0 Å². The molecular weight excluding hydrogens is 191 g/mol. The van der Waals surface area contributed by atoms with E-state index in [2.05, 4.69) is 41.5 Å². The van der Waals surface area contributed by atoms with Crippen LogP contribution in [-0.2, 0) is 4.57 Å². The summed E-state index contributed by atoms with van der Waals surface area (Å²) in [6.45, 7) is 12.9. The topological polar surface area (TPSA) is 17.1 Å². The fraction of sp³-hybridized carbons (Fsp3) is 1.00. The molecule has 0 saturated heterocycles. The van der Waals surface area contributed by atoms with E-state index in [0.717, 1.165) is 25.7 Å². The first-order valence-electron chi connectivity index (χ1n) is 5.75. The van der Waals surface area contributed by atoms with E-state index in [1.165, 1.54) is 0 Å². The van der Waals surface area contributed by atoms with Crippen molar-refractivity contribution in [3.63, 3.8) is 0 Å². The molecule has 0 rings (SSSR count). The Bertz CT molecular complexity index is 174. The van der Waals surface area contributed by atoms with Crippen LogP contribution in [-0.4, -0.2) is 10.3 Å². The van der Waals surface area contributed by atoms with Crippen molar-refractivity contribution in [2.75, 3.05) is 0 Å². The average molecular weight is 217 g/mol. The van der Waals surface area contributed by atoms with E-state index in [4.69, 9.17) is 0 Å². The summed E-state index contributed by atoms with van der Waals surface area (Å²) in [5.41, 5.74) is 0. The van der Waals surface area contributed by atoms with E-state index in [-0.39, 0.29) is 10.3 Å². The van der Waals surface area contributed by atoms with Crippen molar-refractivity contribution >= 4 is 7.80 Å². The van der Waals surface area contributed by atoms with Gasteiger partial charge in [0.1, 0.15) is 0 Å². The maximum absolute atomic E-state index is 12.4. The van der Waals surface area contributed by atoms with Gasteiger partial charge in [0.2, 0.25) is 0 Å². The Hall–Kier alpha value is 0.100. The number of hydrogen-bond acceptors (Lipinski definition) is 1. The second kappa shape index (κ2) is 5.26. The molecule has 1 nitrogen and oxygen atoms in total. The van der Waals surface area contributed by atoms with Gasteiger partial charge in [-0.15, -0.1) is 0 Å². The van der Waals surface area contributed by atoms with Crippen molar-refractivity contribution in [1.29, 1.82) is 0 Å². The summed E-state index contributed by atoms with van der Waals surface area (Å²) in [4.78, 5) is 0. The number of hydrogen-bond donors (Lipinski definition) is 0. The van der Waals surface area contributed by atoms with Crippen molar-refractivity contribution in [3.8, 4) is 0 Å². The predicted octanol–water partition coefficient (Wildman–Crippen LogP) is 4.97. The fourth-order valence-electron chi connectivity index (χ4n) is 2.25. The lowest BCUT2D eigenvalue weighted by molar-refractivity contribution is 0.489. The normalized spacial score (nSPS) is 13.0. The van der Waals surface area contributed by atoms with Gasteiger partial charge < -0.3 is 0 Å². The van der Waals surface area contributed by atoms with Crippen LogP contribution in [0.25, 0.3) is 0 Å². The monoisotopic (exact) mass is 217 g/mol. The Morgan fingerprint density at radius 3 is 1.36 bits per heavy atom. The van der Waals surface area contributed by atoms with Crippen LogP contribution in [0.5, 0.6) is 0 Å². The molecule has 0 unspecified atom stereocenters. The second-order valence-electron chi connectivity index (χ2n) is 5.42. The van der Waals surface area contributed by atoms with Gasteiger partial charge in [-0.25, -0.2) is 0 Å². The molecule has 0 N–H and O–H groups in total. The zero-order valence-corrected chi connectivity index (χ0v) is 11.6. The van der Waals surface area contributed by atoms with Crippen molar-refractivity contribution in [1.82, 2.24) is 0 Å². The maximum atomic E-state index is 12.4. The summed E-state index contributed by atoms with van der Waals surface area (Å²) in [7, 11) is -1.13.